The van der Waals surface area contributed by atoms with Crippen molar-refractivity contribution in [3.8, 4) is 0 Å². The number of halogens is 1. The molecule has 0 atom stereocenters. The Morgan fingerprint density at radius 1 is 0.485 bits per heavy atom. The third-order valence-electron chi connectivity index (χ3n) is 5.96. The fourth-order valence-electron chi connectivity index (χ4n) is 4.43. The van der Waals surface area contributed by atoms with Crippen LogP contribution in [0.2, 0.25) is 5.02 Å². The molecule has 33 heavy (non-hydrogen) atoms. The fraction of sp³-hybridized carbons (Fsp3) is 0. The lowest BCUT2D eigenvalue weighted by Gasteiger charge is -2.10. The molecular weight excluding hydrogens is 426 g/mol. The molecule has 0 fully saturated rings. The molecule has 0 amide bonds. The van der Waals surface area contributed by atoms with Crippen molar-refractivity contribution < 1.29 is 4.42 Å². The molecule has 6 rings (SSSR count). The van der Waals surface area contributed by atoms with Gasteiger partial charge >= 0.3 is 0 Å². The van der Waals surface area contributed by atoms with Crippen LogP contribution in [0.3, 0.4) is 0 Å². The number of nitrogens with one attached hydrogen (secondary N) is 1. The lowest BCUT2D eigenvalue weighted by atomic mass is 10.0. The summed E-state index contributed by atoms with van der Waals surface area (Å²) in [4.78, 5) is 0. The molecule has 0 saturated carbocycles. The van der Waals surface area contributed by atoms with Crippen LogP contribution in [0.25, 0.3) is 43.5 Å². The number of hydrogen-bond acceptors (Lipinski definition) is 2. The topological polar surface area (TPSA) is 25.2 Å². The number of anilines is 2. The Morgan fingerprint density at radius 3 is 1.67 bits per heavy atom. The summed E-state index contributed by atoms with van der Waals surface area (Å²) >= 11 is 6.41. The van der Waals surface area contributed by atoms with E-state index >= 15 is 0 Å². The Labute approximate surface area is 196 Å². The standard InChI is InChI=1S/C30H20ClNO/c31-27-13-5-6-14-28(27)32-20-17-18-23-25-12-4-8-16-30(25)33-29-15-7-3-11-24(29)21-9-1-2-10-22(21)26(23)19-20/h1-19,32H. The Balaban J connectivity index is 1.80. The molecular formula is C30H20ClNO. The molecule has 1 aromatic heterocycles. The summed E-state index contributed by atoms with van der Waals surface area (Å²) in [6, 6.07) is 39.2. The van der Waals surface area contributed by atoms with Gasteiger partial charge in [0.15, 0.2) is 0 Å². The minimum Gasteiger partial charge on any atom is -0.456 e. The second kappa shape index (κ2) is 8.16. The zero-order valence-corrected chi connectivity index (χ0v) is 18.5. The molecule has 2 nitrogen and oxygen atoms in total. The number of para-hydroxylation sites is 3. The first-order valence-corrected chi connectivity index (χ1v) is 11.3. The molecule has 6 aromatic rings. The van der Waals surface area contributed by atoms with Crippen molar-refractivity contribution in [2.24, 2.45) is 0 Å². The van der Waals surface area contributed by atoms with Crippen molar-refractivity contribution in [3.63, 3.8) is 0 Å². The van der Waals surface area contributed by atoms with Crippen LogP contribution in [0.5, 0.6) is 0 Å². The summed E-state index contributed by atoms with van der Waals surface area (Å²) in [5, 5.41) is 10.8. The molecule has 0 radical (unpaired) electrons. The Morgan fingerprint density at radius 2 is 1.00 bits per heavy atom. The van der Waals surface area contributed by atoms with Crippen LogP contribution < -0.4 is 5.32 Å². The van der Waals surface area contributed by atoms with Crippen LogP contribution in [0, 0.1) is 0 Å². The molecule has 0 aliphatic carbocycles. The van der Waals surface area contributed by atoms with Crippen molar-refractivity contribution >= 4 is 66.5 Å². The SMILES string of the molecule is Clc1ccccc1Nc1ccc2c3ccccc3oc3ccccc3c3ccccc3c2c1. The predicted octanol–water partition coefficient (Wildman–Crippen LogP) is 9.41. The van der Waals surface area contributed by atoms with E-state index in [2.05, 4.69) is 72.0 Å². The van der Waals surface area contributed by atoms with E-state index in [1.54, 1.807) is 0 Å². The number of fused-ring (bicyclic) bond motifs is 7. The maximum absolute atomic E-state index is 6.48. The van der Waals surface area contributed by atoms with Gasteiger partial charge < -0.3 is 9.73 Å². The van der Waals surface area contributed by atoms with Crippen molar-refractivity contribution in [1.29, 1.82) is 0 Å². The average Bonchev–Trinajstić information content (AvgIpc) is 2.90. The monoisotopic (exact) mass is 445 g/mol. The van der Waals surface area contributed by atoms with Gasteiger partial charge in [0.2, 0.25) is 0 Å². The molecule has 158 valence electrons. The van der Waals surface area contributed by atoms with Gasteiger partial charge in [-0.3, -0.25) is 0 Å². The first-order valence-electron chi connectivity index (χ1n) is 10.9. The minimum atomic E-state index is 0.689. The smallest absolute Gasteiger partial charge is 0.135 e. The largest absolute Gasteiger partial charge is 0.456 e. The van der Waals surface area contributed by atoms with E-state index in [1.165, 1.54) is 0 Å². The van der Waals surface area contributed by atoms with E-state index in [1.807, 2.05) is 48.5 Å². The number of rotatable bonds is 2. The van der Waals surface area contributed by atoms with Gasteiger partial charge in [-0.2, -0.15) is 0 Å². The Kier molecular flexibility index (Phi) is 4.86. The van der Waals surface area contributed by atoms with Gasteiger partial charge in [0.05, 0.1) is 10.7 Å². The van der Waals surface area contributed by atoms with Crippen molar-refractivity contribution in [3.05, 3.63) is 120 Å². The Hall–Kier alpha value is -4.01. The van der Waals surface area contributed by atoms with Gasteiger partial charge in [-0.05, 0) is 57.9 Å². The van der Waals surface area contributed by atoms with Gasteiger partial charge in [-0.15, -0.1) is 0 Å². The van der Waals surface area contributed by atoms with E-state index in [4.69, 9.17) is 16.0 Å². The summed E-state index contributed by atoms with van der Waals surface area (Å²) in [6.45, 7) is 0. The molecule has 0 aliphatic rings. The normalized spacial score (nSPS) is 11.2. The lowest BCUT2D eigenvalue weighted by molar-refractivity contribution is 0.663. The summed E-state index contributed by atoms with van der Waals surface area (Å²) in [6.07, 6.45) is 0. The van der Waals surface area contributed by atoms with Crippen LogP contribution in [0.1, 0.15) is 0 Å². The Bertz CT molecular complexity index is 1720. The second-order valence-corrected chi connectivity index (χ2v) is 8.41. The van der Waals surface area contributed by atoms with Crippen LogP contribution in [0.4, 0.5) is 11.4 Å². The maximum Gasteiger partial charge on any atom is 0.135 e. The van der Waals surface area contributed by atoms with Gasteiger partial charge in [-0.1, -0.05) is 90.5 Å². The van der Waals surface area contributed by atoms with E-state index in [-0.39, 0.29) is 0 Å². The minimum absolute atomic E-state index is 0.689. The van der Waals surface area contributed by atoms with Crippen LogP contribution in [0.15, 0.2) is 120 Å². The van der Waals surface area contributed by atoms with Crippen molar-refractivity contribution in [2.45, 2.75) is 0 Å². The highest BCUT2D eigenvalue weighted by Gasteiger charge is 2.08. The summed E-state index contributed by atoms with van der Waals surface area (Å²) in [7, 11) is 0. The highest BCUT2D eigenvalue weighted by Crippen LogP contribution is 2.34. The molecule has 0 aliphatic heterocycles. The van der Waals surface area contributed by atoms with E-state index in [9.17, 15) is 0 Å². The molecule has 0 saturated heterocycles. The maximum atomic E-state index is 6.48. The summed E-state index contributed by atoms with van der Waals surface area (Å²) < 4.78 is 6.48. The van der Waals surface area contributed by atoms with Gasteiger partial charge in [0.1, 0.15) is 11.2 Å². The van der Waals surface area contributed by atoms with Gasteiger partial charge in [-0.25, -0.2) is 0 Å². The molecule has 3 heteroatoms. The summed E-state index contributed by atoms with van der Waals surface area (Å²) in [5.74, 6) is 0. The zero-order chi connectivity index (χ0) is 22.2. The second-order valence-electron chi connectivity index (χ2n) is 8.01. The molecule has 5 aromatic carbocycles. The highest BCUT2D eigenvalue weighted by molar-refractivity contribution is 6.33. The summed E-state index contributed by atoms with van der Waals surface area (Å²) in [5.41, 5.74) is 3.54. The number of benzene rings is 5. The highest BCUT2D eigenvalue weighted by atomic mass is 35.5. The van der Waals surface area contributed by atoms with Crippen LogP contribution in [-0.2, 0) is 0 Å². The molecule has 0 bridgehead atoms. The first kappa shape index (κ1) is 19.7. The third kappa shape index (κ3) is 3.55. The van der Waals surface area contributed by atoms with Crippen LogP contribution >= 0.6 is 11.6 Å². The molecule has 0 unspecified atom stereocenters. The van der Waals surface area contributed by atoms with Gasteiger partial charge in [0.25, 0.3) is 0 Å². The van der Waals surface area contributed by atoms with E-state index in [0.29, 0.717) is 5.02 Å². The first-order chi connectivity index (χ1) is 16.3. The predicted molar refractivity (Wildman–Crippen MR) is 141 cm³/mol. The quantitative estimate of drug-likeness (QED) is 0.287. The molecule has 1 heterocycles. The average molecular weight is 446 g/mol. The molecule has 1 N–H and O–H groups in total. The van der Waals surface area contributed by atoms with E-state index in [0.717, 1.165) is 54.9 Å². The van der Waals surface area contributed by atoms with Crippen LogP contribution in [-0.4, -0.2) is 0 Å². The third-order valence-corrected chi connectivity index (χ3v) is 6.29. The number of hydrogen-bond donors (Lipinski definition) is 1. The lowest BCUT2D eigenvalue weighted by Crippen LogP contribution is -1.91. The zero-order valence-electron chi connectivity index (χ0n) is 17.8. The van der Waals surface area contributed by atoms with Crippen molar-refractivity contribution in [2.75, 3.05) is 5.32 Å². The van der Waals surface area contributed by atoms with Crippen molar-refractivity contribution in [1.82, 2.24) is 0 Å². The molecule has 0 spiro atoms. The fourth-order valence-corrected chi connectivity index (χ4v) is 4.61. The van der Waals surface area contributed by atoms with Gasteiger partial charge in [0, 0.05) is 16.5 Å². The van der Waals surface area contributed by atoms with E-state index < -0.39 is 0 Å².